The van der Waals surface area contributed by atoms with Gasteiger partial charge in [-0.2, -0.15) is 0 Å². The van der Waals surface area contributed by atoms with Crippen LogP contribution in [-0.4, -0.2) is 25.0 Å². The average Bonchev–Trinajstić information content (AvgIpc) is 2.63. The van der Waals surface area contributed by atoms with Gasteiger partial charge < -0.3 is 20.1 Å². The first-order chi connectivity index (χ1) is 12.5. The summed E-state index contributed by atoms with van der Waals surface area (Å²) in [5, 5.41) is 4.93. The lowest BCUT2D eigenvalue weighted by molar-refractivity contribution is -0.136. The SMILES string of the molecule is CCOc1ccc(NC(=O)C(=O)NCc2ccc(OCC)c(F)c2)cc1. The van der Waals surface area contributed by atoms with Crippen molar-refractivity contribution in [1.82, 2.24) is 5.32 Å². The van der Waals surface area contributed by atoms with Gasteiger partial charge in [0, 0.05) is 12.2 Å². The molecule has 0 aliphatic rings. The molecule has 7 heteroatoms. The second kappa shape index (κ2) is 9.41. The van der Waals surface area contributed by atoms with Gasteiger partial charge in [-0.05, 0) is 55.8 Å². The molecule has 2 aromatic rings. The van der Waals surface area contributed by atoms with Crippen LogP contribution < -0.4 is 20.1 Å². The minimum Gasteiger partial charge on any atom is -0.494 e. The topological polar surface area (TPSA) is 76.7 Å². The van der Waals surface area contributed by atoms with Crippen LogP contribution in [0.5, 0.6) is 11.5 Å². The number of benzene rings is 2. The molecule has 138 valence electrons. The minimum atomic E-state index is -0.812. The summed E-state index contributed by atoms with van der Waals surface area (Å²) in [5.41, 5.74) is 0.994. The predicted octanol–water partition coefficient (Wildman–Crippen LogP) is 2.88. The van der Waals surface area contributed by atoms with Crippen LogP contribution in [0.2, 0.25) is 0 Å². The van der Waals surface area contributed by atoms with Crippen molar-refractivity contribution in [2.45, 2.75) is 20.4 Å². The zero-order valence-corrected chi connectivity index (χ0v) is 14.7. The van der Waals surface area contributed by atoms with Gasteiger partial charge in [0.15, 0.2) is 11.6 Å². The number of amides is 2. The van der Waals surface area contributed by atoms with Crippen molar-refractivity contribution in [3.8, 4) is 11.5 Å². The van der Waals surface area contributed by atoms with Crippen LogP contribution in [0.3, 0.4) is 0 Å². The maximum atomic E-state index is 13.8. The summed E-state index contributed by atoms with van der Waals surface area (Å²) in [5.74, 6) is -1.31. The van der Waals surface area contributed by atoms with Gasteiger partial charge in [0.2, 0.25) is 0 Å². The molecule has 0 spiro atoms. The number of carbonyl (C=O) groups excluding carboxylic acids is 2. The van der Waals surface area contributed by atoms with Gasteiger partial charge in [-0.15, -0.1) is 0 Å². The Morgan fingerprint density at radius 3 is 2.27 bits per heavy atom. The molecule has 0 unspecified atom stereocenters. The van der Waals surface area contributed by atoms with E-state index >= 15 is 0 Å². The summed E-state index contributed by atoms with van der Waals surface area (Å²) in [6.07, 6.45) is 0. The summed E-state index contributed by atoms with van der Waals surface area (Å²) in [4.78, 5) is 23.8. The molecule has 0 saturated carbocycles. The van der Waals surface area contributed by atoms with Crippen molar-refractivity contribution in [3.63, 3.8) is 0 Å². The summed E-state index contributed by atoms with van der Waals surface area (Å²) in [6, 6.07) is 11.0. The van der Waals surface area contributed by atoms with Gasteiger partial charge in [0.25, 0.3) is 0 Å². The molecular formula is C19H21FN2O4. The first-order valence-corrected chi connectivity index (χ1v) is 8.26. The van der Waals surface area contributed by atoms with Gasteiger partial charge in [0.1, 0.15) is 5.75 Å². The quantitative estimate of drug-likeness (QED) is 0.745. The van der Waals surface area contributed by atoms with Crippen molar-refractivity contribution in [2.75, 3.05) is 18.5 Å². The fourth-order valence-electron chi connectivity index (χ4n) is 2.18. The lowest BCUT2D eigenvalue weighted by Crippen LogP contribution is -2.34. The molecule has 0 aliphatic heterocycles. The molecule has 26 heavy (non-hydrogen) atoms. The number of rotatable bonds is 7. The highest BCUT2D eigenvalue weighted by atomic mass is 19.1. The number of anilines is 1. The van der Waals surface area contributed by atoms with E-state index in [9.17, 15) is 14.0 Å². The van der Waals surface area contributed by atoms with E-state index in [1.807, 2.05) is 6.92 Å². The van der Waals surface area contributed by atoms with Crippen molar-refractivity contribution < 1.29 is 23.5 Å². The molecule has 0 aliphatic carbocycles. The van der Waals surface area contributed by atoms with Crippen LogP contribution in [0.25, 0.3) is 0 Å². The monoisotopic (exact) mass is 360 g/mol. The molecular weight excluding hydrogens is 339 g/mol. The summed E-state index contributed by atoms with van der Waals surface area (Å²) in [7, 11) is 0. The number of hydrogen-bond acceptors (Lipinski definition) is 4. The zero-order chi connectivity index (χ0) is 18.9. The second-order valence-electron chi connectivity index (χ2n) is 5.29. The zero-order valence-electron chi connectivity index (χ0n) is 14.7. The molecule has 2 rings (SSSR count). The van der Waals surface area contributed by atoms with Crippen LogP contribution >= 0.6 is 0 Å². The number of nitrogens with one attached hydrogen (secondary N) is 2. The van der Waals surface area contributed by atoms with Crippen LogP contribution in [0.4, 0.5) is 10.1 Å². The molecule has 6 nitrogen and oxygen atoms in total. The van der Waals surface area contributed by atoms with E-state index in [1.54, 1.807) is 37.3 Å². The Hall–Kier alpha value is -3.09. The van der Waals surface area contributed by atoms with E-state index in [4.69, 9.17) is 9.47 Å². The molecule has 0 atom stereocenters. The van der Waals surface area contributed by atoms with Gasteiger partial charge in [0.05, 0.1) is 13.2 Å². The van der Waals surface area contributed by atoms with Crippen molar-refractivity contribution >= 4 is 17.5 Å². The van der Waals surface area contributed by atoms with E-state index in [2.05, 4.69) is 10.6 Å². The maximum absolute atomic E-state index is 13.8. The fourth-order valence-corrected chi connectivity index (χ4v) is 2.18. The highest BCUT2D eigenvalue weighted by molar-refractivity contribution is 6.39. The third kappa shape index (κ3) is 5.47. The van der Waals surface area contributed by atoms with Gasteiger partial charge in [-0.3, -0.25) is 9.59 Å². The van der Waals surface area contributed by atoms with E-state index in [1.165, 1.54) is 12.1 Å². The Balaban J connectivity index is 1.87. The Morgan fingerprint density at radius 2 is 1.65 bits per heavy atom. The lowest BCUT2D eigenvalue weighted by Gasteiger charge is -2.09. The molecule has 0 aromatic heterocycles. The van der Waals surface area contributed by atoms with Gasteiger partial charge in [-0.1, -0.05) is 6.07 Å². The Labute approximate surface area is 151 Å². The second-order valence-corrected chi connectivity index (χ2v) is 5.29. The van der Waals surface area contributed by atoms with Crippen LogP contribution in [-0.2, 0) is 16.1 Å². The van der Waals surface area contributed by atoms with E-state index < -0.39 is 17.6 Å². The molecule has 0 fully saturated rings. The third-order valence-corrected chi connectivity index (χ3v) is 3.38. The fraction of sp³-hybridized carbons (Fsp3) is 0.263. The van der Waals surface area contributed by atoms with Gasteiger partial charge >= 0.3 is 11.8 Å². The summed E-state index contributed by atoms with van der Waals surface area (Å²) in [6.45, 7) is 4.56. The Bertz CT molecular complexity index is 763. The minimum absolute atomic E-state index is 0.0266. The molecule has 0 bridgehead atoms. The van der Waals surface area contributed by atoms with E-state index in [0.717, 1.165) is 0 Å². The molecule has 2 amide bonds. The number of ether oxygens (including phenoxy) is 2. The predicted molar refractivity (Wildman–Crippen MR) is 95.7 cm³/mol. The summed E-state index contributed by atoms with van der Waals surface area (Å²) >= 11 is 0. The smallest absolute Gasteiger partial charge is 0.313 e. The number of carbonyl (C=O) groups is 2. The molecule has 0 heterocycles. The first-order valence-electron chi connectivity index (χ1n) is 8.26. The molecule has 0 saturated heterocycles. The average molecular weight is 360 g/mol. The molecule has 2 N–H and O–H groups in total. The Kier molecular flexibility index (Phi) is 6.96. The third-order valence-electron chi connectivity index (χ3n) is 3.38. The standard InChI is InChI=1S/C19H21FN2O4/c1-3-25-15-8-6-14(7-9-15)22-19(24)18(23)21-12-13-5-10-17(26-4-2)16(20)11-13/h5-11H,3-4,12H2,1-2H3,(H,21,23)(H,22,24). The van der Waals surface area contributed by atoms with Gasteiger partial charge in [-0.25, -0.2) is 4.39 Å². The maximum Gasteiger partial charge on any atom is 0.313 e. The largest absolute Gasteiger partial charge is 0.494 e. The van der Waals surface area contributed by atoms with Crippen LogP contribution in [0, 0.1) is 5.82 Å². The van der Waals surface area contributed by atoms with Crippen molar-refractivity contribution in [1.29, 1.82) is 0 Å². The van der Waals surface area contributed by atoms with E-state index in [0.29, 0.717) is 30.2 Å². The normalized spacial score (nSPS) is 10.1. The van der Waals surface area contributed by atoms with Crippen molar-refractivity contribution in [2.24, 2.45) is 0 Å². The lowest BCUT2D eigenvalue weighted by atomic mass is 10.2. The highest BCUT2D eigenvalue weighted by Gasteiger charge is 2.14. The summed E-state index contributed by atoms with van der Waals surface area (Å²) < 4.78 is 24.2. The number of hydrogen-bond donors (Lipinski definition) is 2. The molecule has 0 radical (unpaired) electrons. The Morgan fingerprint density at radius 1 is 0.962 bits per heavy atom. The number of halogens is 1. The van der Waals surface area contributed by atoms with Crippen LogP contribution in [0.1, 0.15) is 19.4 Å². The van der Waals surface area contributed by atoms with Crippen LogP contribution in [0.15, 0.2) is 42.5 Å². The van der Waals surface area contributed by atoms with E-state index in [-0.39, 0.29) is 12.3 Å². The molecule has 2 aromatic carbocycles. The van der Waals surface area contributed by atoms with Crippen molar-refractivity contribution in [3.05, 3.63) is 53.8 Å². The first kappa shape index (κ1) is 19.2. The highest BCUT2D eigenvalue weighted by Crippen LogP contribution is 2.18.